The molecule has 4 aromatic rings. The van der Waals surface area contributed by atoms with E-state index < -0.39 is 0 Å². The summed E-state index contributed by atoms with van der Waals surface area (Å²) in [5.41, 5.74) is 3.77. The summed E-state index contributed by atoms with van der Waals surface area (Å²) in [5.74, 6) is 0.566. The zero-order chi connectivity index (χ0) is 16.4. The van der Waals surface area contributed by atoms with Gasteiger partial charge >= 0.3 is 0 Å². The maximum Gasteiger partial charge on any atom is 0.251 e. The third kappa shape index (κ3) is 2.89. The Morgan fingerprint density at radius 2 is 2.04 bits per heavy atom. The van der Waals surface area contributed by atoms with Gasteiger partial charge in [0, 0.05) is 18.3 Å². The van der Waals surface area contributed by atoms with Gasteiger partial charge in [0.25, 0.3) is 5.91 Å². The van der Waals surface area contributed by atoms with Crippen LogP contribution in [0.1, 0.15) is 15.9 Å². The summed E-state index contributed by atoms with van der Waals surface area (Å²) in [4.78, 5) is 16.6. The molecule has 0 atom stereocenters. The molecule has 118 valence electrons. The monoisotopic (exact) mass is 336 g/mol. The van der Waals surface area contributed by atoms with Gasteiger partial charge in [0.2, 0.25) is 0 Å². The van der Waals surface area contributed by atoms with Gasteiger partial charge in [-0.05, 0) is 42.0 Å². The maximum absolute atomic E-state index is 12.2. The summed E-state index contributed by atoms with van der Waals surface area (Å²) >= 11 is 1.14. The van der Waals surface area contributed by atoms with E-state index in [4.69, 9.17) is 4.42 Å². The zero-order valence-electron chi connectivity index (χ0n) is 12.5. The summed E-state index contributed by atoms with van der Waals surface area (Å²) in [7, 11) is 0. The van der Waals surface area contributed by atoms with E-state index in [2.05, 4.69) is 19.0 Å². The molecule has 1 N–H and O–H groups in total. The van der Waals surface area contributed by atoms with E-state index in [1.165, 1.54) is 0 Å². The molecule has 0 saturated heterocycles. The Balaban J connectivity index is 1.43. The standard InChI is InChI=1S/C17H12N4O2S/c22-17(12-4-6-13-15(8-12)21-24-20-13)19-10-11-3-5-14(18-9-11)16-2-1-7-23-16/h1-9H,10H2,(H,19,22). The molecule has 0 unspecified atom stereocenters. The number of aromatic nitrogens is 3. The number of benzene rings is 1. The van der Waals surface area contributed by atoms with Crippen LogP contribution < -0.4 is 5.32 Å². The van der Waals surface area contributed by atoms with Crippen LogP contribution in [0, 0.1) is 0 Å². The highest BCUT2D eigenvalue weighted by Crippen LogP contribution is 2.17. The van der Waals surface area contributed by atoms with Crippen LogP contribution in [-0.4, -0.2) is 19.6 Å². The van der Waals surface area contributed by atoms with Gasteiger partial charge in [0.15, 0.2) is 5.76 Å². The van der Waals surface area contributed by atoms with Crippen LogP contribution in [0.25, 0.3) is 22.5 Å². The van der Waals surface area contributed by atoms with Crippen molar-refractivity contribution in [3.63, 3.8) is 0 Å². The van der Waals surface area contributed by atoms with Crippen LogP contribution in [0.3, 0.4) is 0 Å². The number of nitrogens with zero attached hydrogens (tertiary/aromatic N) is 3. The minimum atomic E-state index is -0.153. The first-order valence-corrected chi connectivity index (χ1v) is 8.02. The molecule has 3 heterocycles. The van der Waals surface area contributed by atoms with Crippen molar-refractivity contribution < 1.29 is 9.21 Å². The van der Waals surface area contributed by atoms with E-state index in [0.717, 1.165) is 39.8 Å². The quantitative estimate of drug-likeness (QED) is 0.618. The lowest BCUT2D eigenvalue weighted by Crippen LogP contribution is -2.22. The van der Waals surface area contributed by atoms with Crippen molar-refractivity contribution in [2.75, 3.05) is 0 Å². The second-order valence-corrected chi connectivity index (χ2v) is 5.71. The molecule has 0 radical (unpaired) electrons. The fraction of sp³-hybridized carbons (Fsp3) is 0.0588. The van der Waals surface area contributed by atoms with Gasteiger partial charge in [-0.15, -0.1) is 0 Å². The van der Waals surface area contributed by atoms with Gasteiger partial charge < -0.3 is 9.73 Å². The molecule has 0 fully saturated rings. The van der Waals surface area contributed by atoms with Gasteiger partial charge in [-0.3, -0.25) is 9.78 Å². The summed E-state index contributed by atoms with van der Waals surface area (Å²) < 4.78 is 13.6. The van der Waals surface area contributed by atoms with E-state index in [-0.39, 0.29) is 5.91 Å². The molecule has 1 amide bonds. The minimum Gasteiger partial charge on any atom is -0.463 e. The van der Waals surface area contributed by atoms with E-state index in [1.807, 2.05) is 24.3 Å². The summed E-state index contributed by atoms with van der Waals surface area (Å²) in [5, 5.41) is 2.88. The van der Waals surface area contributed by atoms with E-state index in [9.17, 15) is 4.79 Å². The van der Waals surface area contributed by atoms with Crippen molar-refractivity contribution in [3.05, 3.63) is 66.1 Å². The van der Waals surface area contributed by atoms with Crippen LogP contribution in [0.5, 0.6) is 0 Å². The van der Waals surface area contributed by atoms with Crippen molar-refractivity contribution in [1.82, 2.24) is 19.0 Å². The number of amides is 1. The Bertz CT molecular complexity index is 977. The highest BCUT2D eigenvalue weighted by molar-refractivity contribution is 7.00. The first-order valence-electron chi connectivity index (χ1n) is 7.29. The predicted molar refractivity (Wildman–Crippen MR) is 90.5 cm³/mol. The Labute approximate surface area is 141 Å². The van der Waals surface area contributed by atoms with E-state index >= 15 is 0 Å². The average Bonchev–Trinajstić information content (AvgIpc) is 3.30. The topological polar surface area (TPSA) is 80.9 Å². The van der Waals surface area contributed by atoms with Crippen LogP contribution >= 0.6 is 11.7 Å². The fourth-order valence-corrected chi connectivity index (χ4v) is 2.82. The molecule has 0 aliphatic carbocycles. The third-order valence-electron chi connectivity index (χ3n) is 3.57. The highest BCUT2D eigenvalue weighted by atomic mass is 32.1. The van der Waals surface area contributed by atoms with Crippen molar-refractivity contribution >= 4 is 28.7 Å². The fourth-order valence-electron chi connectivity index (χ4n) is 2.31. The number of hydrogen-bond donors (Lipinski definition) is 1. The van der Waals surface area contributed by atoms with E-state index in [1.54, 1.807) is 30.7 Å². The molecule has 6 nitrogen and oxygen atoms in total. The Kier molecular flexibility index (Phi) is 3.76. The number of pyridine rings is 1. The Morgan fingerprint density at radius 1 is 1.12 bits per heavy atom. The maximum atomic E-state index is 12.2. The van der Waals surface area contributed by atoms with Gasteiger partial charge in [-0.25, -0.2) is 0 Å². The number of carbonyl (C=O) groups excluding carboxylic acids is 1. The number of rotatable bonds is 4. The first-order chi connectivity index (χ1) is 11.8. The molecule has 4 rings (SSSR count). The van der Waals surface area contributed by atoms with Crippen molar-refractivity contribution in [2.45, 2.75) is 6.54 Å². The molecule has 1 aromatic carbocycles. The van der Waals surface area contributed by atoms with Gasteiger partial charge in [-0.1, -0.05) is 6.07 Å². The largest absolute Gasteiger partial charge is 0.463 e. The second kappa shape index (κ2) is 6.21. The lowest BCUT2D eigenvalue weighted by molar-refractivity contribution is 0.0951. The third-order valence-corrected chi connectivity index (χ3v) is 4.12. The second-order valence-electron chi connectivity index (χ2n) is 5.18. The zero-order valence-corrected chi connectivity index (χ0v) is 13.3. The molecule has 0 bridgehead atoms. The number of carbonyl (C=O) groups is 1. The molecule has 24 heavy (non-hydrogen) atoms. The van der Waals surface area contributed by atoms with Crippen LogP contribution in [0.4, 0.5) is 0 Å². The van der Waals surface area contributed by atoms with E-state index in [0.29, 0.717) is 12.1 Å². The molecule has 3 aromatic heterocycles. The Hall–Kier alpha value is -3.06. The lowest BCUT2D eigenvalue weighted by Gasteiger charge is -2.06. The van der Waals surface area contributed by atoms with Crippen molar-refractivity contribution in [2.24, 2.45) is 0 Å². The van der Waals surface area contributed by atoms with Gasteiger partial charge in [0.1, 0.15) is 16.7 Å². The predicted octanol–water partition coefficient (Wildman–Crippen LogP) is 3.28. The summed E-state index contributed by atoms with van der Waals surface area (Å²) in [6.45, 7) is 0.400. The molecule has 0 saturated carbocycles. The Morgan fingerprint density at radius 3 is 2.83 bits per heavy atom. The van der Waals surface area contributed by atoms with Gasteiger partial charge in [0.05, 0.1) is 18.0 Å². The van der Waals surface area contributed by atoms with Gasteiger partial charge in [-0.2, -0.15) is 8.75 Å². The molecular weight excluding hydrogens is 324 g/mol. The minimum absolute atomic E-state index is 0.153. The molecule has 7 heteroatoms. The highest BCUT2D eigenvalue weighted by Gasteiger charge is 2.08. The van der Waals surface area contributed by atoms with Crippen molar-refractivity contribution in [1.29, 1.82) is 0 Å². The van der Waals surface area contributed by atoms with Crippen LogP contribution in [-0.2, 0) is 6.54 Å². The lowest BCUT2D eigenvalue weighted by atomic mass is 10.2. The average molecular weight is 336 g/mol. The van der Waals surface area contributed by atoms with Crippen molar-refractivity contribution in [3.8, 4) is 11.5 Å². The number of fused-ring (bicyclic) bond motifs is 1. The normalized spacial score (nSPS) is 10.8. The van der Waals surface area contributed by atoms with Crippen LogP contribution in [0.2, 0.25) is 0 Å². The smallest absolute Gasteiger partial charge is 0.251 e. The summed E-state index contributed by atoms with van der Waals surface area (Å²) in [6.07, 6.45) is 3.34. The molecule has 0 aliphatic heterocycles. The number of nitrogens with one attached hydrogen (secondary N) is 1. The SMILES string of the molecule is O=C(NCc1ccc(-c2ccco2)nc1)c1ccc2nsnc2c1. The number of furan rings is 1. The molecular formula is C17H12N4O2S. The molecule has 0 spiro atoms. The van der Waals surface area contributed by atoms with Crippen LogP contribution in [0.15, 0.2) is 59.3 Å². The first kappa shape index (κ1) is 14.5. The summed E-state index contributed by atoms with van der Waals surface area (Å²) in [6, 6.07) is 12.7. The molecule has 0 aliphatic rings. The number of hydrogen-bond acceptors (Lipinski definition) is 6.